The van der Waals surface area contributed by atoms with Gasteiger partial charge < -0.3 is 0 Å². The quantitative estimate of drug-likeness (QED) is 0.177. The summed E-state index contributed by atoms with van der Waals surface area (Å²) in [4.78, 5) is 15.5. The molecule has 4 aromatic heterocycles. The Balaban J connectivity index is 1.02. The molecule has 4 heterocycles. The SMILES string of the molecule is c1ccc(-c2nc(-c3ccc(-c4nc5ccccc5c5c4sc4ccccc45)cc3)cc(-c3cccc(-c4ccc5sc6ccccc6c5c4)c3)n2)cc1. The van der Waals surface area contributed by atoms with Crippen LogP contribution in [0.25, 0.3) is 108 Å². The van der Waals surface area contributed by atoms with E-state index in [1.165, 1.54) is 51.3 Å². The first-order valence-corrected chi connectivity index (χ1v) is 19.6. The van der Waals surface area contributed by atoms with Gasteiger partial charge in [-0.3, -0.25) is 0 Å². The maximum Gasteiger partial charge on any atom is 0.160 e. The molecule has 0 saturated carbocycles. The van der Waals surface area contributed by atoms with Crippen LogP contribution in [0.5, 0.6) is 0 Å². The third-order valence-electron chi connectivity index (χ3n) is 10.3. The normalized spacial score (nSPS) is 11.7. The zero-order valence-corrected chi connectivity index (χ0v) is 30.5. The Kier molecular flexibility index (Phi) is 7.22. The van der Waals surface area contributed by atoms with Gasteiger partial charge in [0.1, 0.15) is 0 Å². The summed E-state index contributed by atoms with van der Waals surface area (Å²) in [5.41, 5.74) is 10.3. The Morgan fingerprint density at radius 3 is 1.76 bits per heavy atom. The van der Waals surface area contributed by atoms with E-state index < -0.39 is 0 Å². The average molecular weight is 724 g/mol. The van der Waals surface area contributed by atoms with Crippen LogP contribution in [0.3, 0.4) is 0 Å². The third kappa shape index (κ3) is 5.20. The predicted molar refractivity (Wildman–Crippen MR) is 230 cm³/mol. The van der Waals surface area contributed by atoms with Gasteiger partial charge in [0.25, 0.3) is 0 Å². The number of aromatic nitrogens is 3. The Labute approximate surface area is 319 Å². The highest BCUT2D eigenvalue weighted by Gasteiger charge is 2.17. The van der Waals surface area contributed by atoms with E-state index >= 15 is 0 Å². The second-order valence-corrected chi connectivity index (χ2v) is 15.7. The second-order valence-electron chi connectivity index (χ2n) is 13.6. The molecule has 11 aromatic rings. The van der Waals surface area contributed by atoms with Crippen molar-refractivity contribution in [1.29, 1.82) is 0 Å². The number of benzene rings is 7. The smallest absolute Gasteiger partial charge is 0.160 e. The van der Waals surface area contributed by atoms with E-state index in [0.717, 1.165) is 50.4 Å². The molecule has 0 atom stereocenters. The minimum absolute atomic E-state index is 0.701. The Hall–Kier alpha value is -6.53. The summed E-state index contributed by atoms with van der Waals surface area (Å²) in [6.07, 6.45) is 0. The van der Waals surface area contributed by atoms with Gasteiger partial charge in [-0.05, 0) is 53.6 Å². The van der Waals surface area contributed by atoms with Crippen molar-refractivity contribution in [3.05, 3.63) is 176 Å². The van der Waals surface area contributed by atoms with Gasteiger partial charge in [0.2, 0.25) is 0 Å². The van der Waals surface area contributed by atoms with E-state index in [9.17, 15) is 0 Å². The van der Waals surface area contributed by atoms with Crippen LogP contribution in [-0.4, -0.2) is 15.0 Å². The zero-order chi connectivity index (χ0) is 35.6. The highest BCUT2D eigenvalue weighted by atomic mass is 32.1. The summed E-state index contributed by atoms with van der Waals surface area (Å²) in [7, 11) is 0. The van der Waals surface area contributed by atoms with Crippen LogP contribution in [0.4, 0.5) is 0 Å². The molecule has 0 unspecified atom stereocenters. The number of nitrogens with zero attached hydrogens (tertiary/aromatic N) is 3. The molecular weight excluding hydrogens is 695 g/mol. The fraction of sp³-hybridized carbons (Fsp3) is 0. The molecule has 0 aliphatic rings. The lowest BCUT2D eigenvalue weighted by Gasteiger charge is -2.12. The molecule has 0 aliphatic heterocycles. The highest BCUT2D eigenvalue weighted by Crippen LogP contribution is 2.43. The lowest BCUT2D eigenvalue weighted by atomic mass is 9.99. The van der Waals surface area contributed by atoms with Crippen molar-refractivity contribution in [1.82, 2.24) is 15.0 Å². The summed E-state index contributed by atoms with van der Waals surface area (Å²) in [6.45, 7) is 0. The Morgan fingerprint density at radius 2 is 0.926 bits per heavy atom. The predicted octanol–water partition coefficient (Wildman–Crippen LogP) is 14.1. The molecule has 0 saturated heterocycles. The van der Waals surface area contributed by atoms with Crippen molar-refractivity contribution >= 4 is 73.9 Å². The zero-order valence-electron chi connectivity index (χ0n) is 28.9. The molecule has 0 N–H and O–H groups in total. The Bertz CT molecular complexity index is 3210. The van der Waals surface area contributed by atoms with Gasteiger partial charge in [0.15, 0.2) is 5.82 Å². The summed E-state index contributed by atoms with van der Waals surface area (Å²) >= 11 is 3.66. The molecule has 5 heteroatoms. The molecule has 252 valence electrons. The first kappa shape index (κ1) is 31.0. The van der Waals surface area contributed by atoms with Crippen molar-refractivity contribution in [2.24, 2.45) is 0 Å². The summed E-state index contributed by atoms with van der Waals surface area (Å²) in [6, 6.07) is 62.4. The molecule has 0 bridgehead atoms. The highest BCUT2D eigenvalue weighted by molar-refractivity contribution is 7.26. The van der Waals surface area contributed by atoms with E-state index in [1.807, 2.05) is 40.9 Å². The second kappa shape index (κ2) is 12.6. The van der Waals surface area contributed by atoms with Gasteiger partial charge in [-0.15, -0.1) is 22.7 Å². The van der Waals surface area contributed by atoms with E-state index in [1.54, 1.807) is 0 Å². The van der Waals surface area contributed by atoms with E-state index in [-0.39, 0.29) is 0 Å². The van der Waals surface area contributed by atoms with Gasteiger partial charge in [-0.25, -0.2) is 15.0 Å². The van der Waals surface area contributed by atoms with Crippen LogP contribution < -0.4 is 0 Å². The van der Waals surface area contributed by atoms with E-state index in [4.69, 9.17) is 15.0 Å². The molecule has 0 amide bonds. The summed E-state index contributed by atoms with van der Waals surface area (Å²) < 4.78 is 5.11. The summed E-state index contributed by atoms with van der Waals surface area (Å²) in [5.74, 6) is 0.701. The number of hydrogen-bond donors (Lipinski definition) is 0. The first-order valence-electron chi connectivity index (χ1n) is 18.0. The topological polar surface area (TPSA) is 38.7 Å². The molecular formula is C49H29N3S2. The largest absolute Gasteiger partial charge is 0.246 e. The van der Waals surface area contributed by atoms with Crippen LogP contribution in [0.15, 0.2) is 176 Å². The van der Waals surface area contributed by atoms with E-state index in [0.29, 0.717) is 5.82 Å². The fourth-order valence-electron chi connectivity index (χ4n) is 7.65. The molecule has 7 aromatic carbocycles. The van der Waals surface area contributed by atoms with E-state index in [2.05, 4.69) is 158 Å². The van der Waals surface area contributed by atoms with Crippen LogP contribution in [0.2, 0.25) is 0 Å². The van der Waals surface area contributed by atoms with Crippen LogP contribution >= 0.6 is 22.7 Å². The van der Waals surface area contributed by atoms with Gasteiger partial charge in [0.05, 0.1) is 27.3 Å². The molecule has 0 fully saturated rings. The molecule has 0 aliphatic carbocycles. The van der Waals surface area contributed by atoms with Crippen molar-refractivity contribution < 1.29 is 0 Å². The summed E-state index contributed by atoms with van der Waals surface area (Å²) in [5, 5.41) is 6.35. The molecule has 11 rings (SSSR count). The molecule has 3 nitrogen and oxygen atoms in total. The van der Waals surface area contributed by atoms with Gasteiger partial charge >= 0.3 is 0 Å². The molecule has 0 radical (unpaired) electrons. The Morgan fingerprint density at radius 1 is 0.333 bits per heavy atom. The van der Waals surface area contributed by atoms with Crippen molar-refractivity contribution in [3.8, 4) is 56.3 Å². The first-order chi connectivity index (χ1) is 26.7. The minimum Gasteiger partial charge on any atom is -0.246 e. The standard InChI is InChI=1S/C49H29N3S2/c1-2-11-32(12-3-1)49-51-41(29-42(52-49)35-14-10-13-33(27-35)34-25-26-45-39(28-34)36-15-5-8-19-43(36)53-45)30-21-23-31(24-22-30)47-48-46(37-16-4-7-18-40(37)50-47)38-17-6-9-20-44(38)54-48/h1-29H. The van der Waals surface area contributed by atoms with Crippen molar-refractivity contribution in [2.75, 3.05) is 0 Å². The number of hydrogen-bond acceptors (Lipinski definition) is 5. The monoisotopic (exact) mass is 723 g/mol. The maximum absolute atomic E-state index is 5.23. The minimum atomic E-state index is 0.701. The molecule has 54 heavy (non-hydrogen) atoms. The van der Waals surface area contributed by atoms with Crippen molar-refractivity contribution in [3.63, 3.8) is 0 Å². The van der Waals surface area contributed by atoms with Crippen molar-refractivity contribution in [2.45, 2.75) is 0 Å². The van der Waals surface area contributed by atoms with Gasteiger partial charge in [0, 0.05) is 63.3 Å². The lowest BCUT2D eigenvalue weighted by molar-refractivity contribution is 1.18. The third-order valence-corrected chi connectivity index (χ3v) is 12.6. The van der Waals surface area contributed by atoms with Crippen LogP contribution in [-0.2, 0) is 0 Å². The average Bonchev–Trinajstić information content (AvgIpc) is 3.83. The number of para-hydroxylation sites is 1. The molecule has 0 spiro atoms. The number of fused-ring (bicyclic) bond motifs is 8. The number of pyridine rings is 1. The maximum atomic E-state index is 5.23. The van der Waals surface area contributed by atoms with Crippen LogP contribution in [0, 0.1) is 0 Å². The van der Waals surface area contributed by atoms with Gasteiger partial charge in [-0.1, -0.05) is 133 Å². The van der Waals surface area contributed by atoms with Crippen LogP contribution in [0.1, 0.15) is 0 Å². The van der Waals surface area contributed by atoms with Gasteiger partial charge in [-0.2, -0.15) is 0 Å². The fourth-order valence-corrected chi connectivity index (χ4v) is 9.97. The number of rotatable bonds is 5. The number of thiophene rings is 2. The lowest BCUT2D eigenvalue weighted by Crippen LogP contribution is -1.96.